The van der Waals surface area contributed by atoms with Crippen molar-refractivity contribution in [2.45, 2.75) is 25.4 Å². The van der Waals surface area contributed by atoms with Crippen molar-refractivity contribution >= 4 is 29.0 Å². The van der Waals surface area contributed by atoms with Gasteiger partial charge in [-0.1, -0.05) is 48.2 Å². The monoisotopic (exact) mass is 411 g/mol. The van der Waals surface area contributed by atoms with E-state index in [9.17, 15) is 14.9 Å². The second-order valence-electron chi connectivity index (χ2n) is 6.62. The summed E-state index contributed by atoms with van der Waals surface area (Å²) < 4.78 is 1.85. The molecule has 0 unspecified atom stereocenters. The summed E-state index contributed by atoms with van der Waals surface area (Å²) in [6.07, 6.45) is 0.645. The first-order chi connectivity index (χ1) is 13.9. The Bertz CT molecular complexity index is 1050. The number of thioether (sulfide) groups is 1. The van der Waals surface area contributed by atoms with Crippen molar-refractivity contribution in [3.8, 4) is 0 Å². The number of carbonyl (C=O) groups is 1. The van der Waals surface area contributed by atoms with Gasteiger partial charge in [0.2, 0.25) is 5.91 Å². The van der Waals surface area contributed by atoms with Crippen LogP contribution in [-0.4, -0.2) is 31.3 Å². The van der Waals surface area contributed by atoms with Crippen LogP contribution in [0.3, 0.4) is 0 Å². The molecule has 0 atom stereocenters. The van der Waals surface area contributed by atoms with Crippen LogP contribution in [0.15, 0.2) is 47.6 Å². The van der Waals surface area contributed by atoms with Gasteiger partial charge in [0, 0.05) is 19.5 Å². The molecule has 0 saturated carbocycles. The standard InChI is InChI=1S/C20H21N5O3S/c1-13-9-10-16(25(27)28)19(14(13)2)21-18(26)12-29-20-23-22-17(24(20)3)11-15-7-5-4-6-8-15/h4-10H,11-12H2,1-3H3,(H,21,26). The maximum absolute atomic E-state index is 12.4. The van der Waals surface area contributed by atoms with E-state index in [1.807, 2.05) is 48.9 Å². The Morgan fingerprint density at radius 3 is 2.59 bits per heavy atom. The Hall–Kier alpha value is -3.20. The Balaban J connectivity index is 1.66. The molecule has 0 saturated heterocycles. The molecular weight excluding hydrogens is 390 g/mol. The molecule has 0 spiro atoms. The summed E-state index contributed by atoms with van der Waals surface area (Å²) in [5, 5.41) is 22.9. The molecule has 150 valence electrons. The highest BCUT2D eigenvalue weighted by molar-refractivity contribution is 7.99. The predicted octanol–water partition coefficient (Wildman–Crippen LogP) is 3.66. The van der Waals surface area contributed by atoms with Crippen LogP contribution in [0.25, 0.3) is 0 Å². The van der Waals surface area contributed by atoms with Crippen LogP contribution in [-0.2, 0) is 18.3 Å². The molecule has 29 heavy (non-hydrogen) atoms. The van der Waals surface area contributed by atoms with Crippen molar-refractivity contribution in [2.24, 2.45) is 7.05 Å². The first-order valence-electron chi connectivity index (χ1n) is 8.96. The normalized spacial score (nSPS) is 10.7. The van der Waals surface area contributed by atoms with Crippen molar-refractivity contribution in [1.82, 2.24) is 14.8 Å². The van der Waals surface area contributed by atoms with Gasteiger partial charge in [0.15, 0.2) is 5.16 Å². The molecular formula is C20H21N5O3S. The number of hydrogen-bond donors (Lipinski definition) is 1. The number of carbonyl (C=O) groups excluding carboxylic acids is 1. The Kier molecular flexibility index (Phi) is 6.28. The van der Waals surface area contributed by atoms with Crippen LogP contribution in [0, 0.1) is 24.0 Å². The molecule has 1 aromatic heterocycles. The molecule has 2 aromatic carbocycles. The third-order valence-electron chi connectivity index (χ3n) is 4.64. The first-order valence-corrected chi connectivity index (χ1v) is 9.94. The van der Waals surface area contributed by atoms with Gasteiger partial charge in [0.25, 0.3) is 5.69 Å². The fraction of sp³-hybridized carbons (Fsp3) is 0.250. The van der Waals surface area contributed by atoms with Crippen molar-refractivity contribution < 1.29 is 9.72 Å². The number of nitrogens with zero attached hydrogens (tertiary/aromatic N) is 4. The number of amides is 1. The van der Waals surface area contributed by atoms with Gasteiger partial charge in [-0.3, -0.25) is 14.9 Å². The summed E-state index contributed by atoms with van der Waals surface area (Å²) in [5.74, 6) is 0.533. The molecule has 3 rings (SSSR count). The number of rotatable bonds is 7. The van der Waals surface area contributed by atoms with Crippen molar-refractivity contribution in [1.29, 1.82) is 0 Å². The molecule has 1 N–H and O–H groups in total. The van der Waals surface area contributed by atoms with Crippen LogP contribution in [0.4, 0.5) is 11.4 Å². The number of aryl methyl sites for hydroxylation is 1. The second kappa shape index (κ2) is 8.87. The van der Waals surface area contributed by atoms with E-state index in [4.69, 9.17) is 0 Å². The molecule has 0 radical (unpaired) electrons. The van der Waals surface area contributed by atoms with Gasteiger partial charge in [0.05, 0.1) is 10.7 Å². The molecule has 1 heterocycles. The lowest BCUT2D eigenvalue weighted by atomic mass is 10.1. The minimum Gasteiger partial charge on any atom is -0.319 e. The van der Waals surface area contributed by atoms with E-state index in [-0.39, 0.29) is 23.0 Å². The van der Waals surface area contributed by atoms with E-state index in [0.717, 1.165) is 17.0 Å². The summed E-state index contributed by atoms with van der Waals surface area (Å²) in [7, 11) is 1.86. The largest absolute Gasteiger partial charge is 0.319 e. The van der Waals surface area contributed by atoms with Crippen molar-refractivity contribution in [3.05, 3.63) is 75.1 Å². The zero-order valence-corrected chi connectivity index (χ0v) is 17.2. The maximum atomic E-state index is 12.4. The molecule has 1 amide bonds. The van der Waals surface area contributed by atoms with E-state index in [0.29, 0.717) is 17.1 Å². The van der Waals surface area contributed by atoms with Gasteiger partial charge >= 0.3 is 0 Å². The van der Waals surface area contributed by atoms with Gasteiger partial charge in [-0.15, -0.1) is 10.2 Å². The summed E-state index contributed by atoms with van der Waals surface area (Å²) in [6, 6.07) is 13.0. The molecule has 0 bridgehead atoms. The summed E-state index contributed by atoms with van der Waals surface area (Å²) in [4.78, 5) is 23.2. The molecule has 9 heteroatoms. The Morgan fingerprint density at radius 2 is 1.90 bits per heavy atom. The Labute approximate surface area is 172 Å². The lowest BCUT2D eigenvalue weighted by molar-refractivity contribution is -0.384. The average Bonchev–Trinajstić information content (AvgIpc) is 3.04. The van der Waals surface area contributed by atoms with Crippen LogP contribution in [0.2, 0.25) is 0 Å². The van der Waals surface area contributed by atoms with Crippen molar-refractivity contribution in [3.63, 3.8) is 0 Å². The van der Waals surface area contributed by atoms with E-state index < -0.39 is 4.92 Å². The number of anilines is 1. The molecule has 8 nitrogen and oxygen atoms in total. The van der Waals surface area contributed by atoms with E-state index in [2.05, 4.69) is 15.5 Å². The molecule has 0 aliphatic heterocycles. The number of benzene rings is 2. The van der Waals surface area contributed by atoms with E-state index in [1.165, 1.54) is 17.8 Å². The fourth-order valence-corrected chi connectivity index (χ4v) is 3.55. The predicted molar refractivity (Wildman–Crippen MR) is 112 cm³/mol. The molecule has 0 aliphatic carbocycles. The third kappa shape index (κ3) is 4.80. The topological polar surface area (TPSA) is 103 Å². The number of nitro benzene ring substituents is 1. The maximum Gasteiger partial charge on any atom is 0.293 e. The van der Waals surface area contributed by atoms with Crippen LogP contribution in [0.5, 0.6) is 0 Å². The van der Waals surface area contributed by atoms with Crippen LogP contribution < -0.4 is 5.32 Å². The summed E-state index contributed by atoms with van der Waals surface area (Å²) >= 11 is 1.24. The van der Waals surface area contributed by atoms with Crippen LogP contribution in [0.1, 0.15) is 22.5 Å². The fourth-order valence-electron chi connectivity index (χ4n) is 2.82. The summed E-state index contributed by atoms with van der Waals surface area (Å²) in [5.41, 5.74) is 2.80. The average molecular weight is 411 g/mol. The minimum absolute atomic E-state index is 0.0713. The Morgan fingerprint density at radius 1 is 1.17 bits per heavy atom. The van der Waals surface area contributed by atoms with E-state index >= 15 is 0 Å². The first kappa shape index (κ1) is 20.5. The van der Waals surface area contributed by atoms with Gasteiger partial charge < -0.3 is 9.88 Å². The highest BCUT2D eigenvalue weighted by Gasteiger charge is 2.20. The quantitative estimate of drug-likeness (QED) is 0.362. The number of hydrogen-bond acceptors (Lipinski definition) is 6. The van der Waals surface area contributed by atoms with Gasteiger partial charge in [0.1, 0.15) is 11.5 Å². The molecule has 0 aliphatic rings. The zero-order chi connectivity index (χ0) is 21.0. The smallest absolute Gasteiger partial charge is 0.293 e. The second-order valence-corrected chi connectivity index (χ2v) is 7.56. The lowest BCUT2D eigenvalue weighted by Gasteiger charge is -2.11. The minimum atomic E-state index is -0.492. The SMILES string of the molecule is Cc1ccc([N+](=O)[O-])c(NC(=O)CSc2nnc(Cc3ccccc3)n2C)c1C. The lowest BCUT2D eigenvalue weighted by Crippen LogP contribution is -2.17. The van der Waals surface area contributed by atoms with Crippen LogP contribution >= 0.6 is 11.8 Å². The molecule has 0 fully saturated rings. The highest BCUT2D eigenvalue weighted by atomic mass is 32.2. The van der Waals surface area contributed by atoms with Gasteiger partial charge in [-0.25, -0.2) is 0 Å². The molecule has 3 aromatic rings. The van der Waals surface area contributed by atoms with Gasteiger partial charge in [-0.05, 0) is 30.5 Å². The number of nitro groups is 1. The van der Waals surface area contributed by atoms with E-state index in [1.54, 1.807) is 13.0 Å². The number of aromatic nitrogens is 3. The third-order valence-corrected chi connectivity index (χ3v) is 5.66. The number of nitrogens with one attached hydrogen (secondary N) is 1. The highest BCUT2D eigenvalue weighted by Crippen LogP contribution is 2.30. The summed E-state index contributed by atoms with van der Waals surface area (Å²) in [6.45, 7) is 3.60. The zero-order valence-electron chi connectivity index (χ0n) is 16.4. The van der Waals surface area contributed by atoms with Crippen molar-refractivity contribution in [2.75, 3.05) is 11.1 Å². The van der Waals surface area contributed by atoms with Gasteiger partial charge in [-0.2, -0.15) is 0 Å².